The van der Waals surface area contributed by atoms with E-state index in [-0.39, 0.29) is 11.4 Å². The molecule has 1 aliphatic heterocycles. The standard InChI is InChI=1S/C12H14FNO7/c13-5-8-9(15)10(16)11(17)12(21-8)20-7-3-1-6(2-4-7)14(18)19/h1-4,8-12,15-17H,5H2/t8-,9-,10+,11+,12+/m1/s1. The van der Waals surface area contributed by atoms with E-state index in [1.807, 2.05) is 0 Å². The molecule has 0 aliphatic carbocycles. The number of hydrogen-bond donors (Lipinski definition) is 3. The Bertz CT molecular complexity index is 495. The largest absolute Gasteiger partial charge is 0.462 e. The zero-order valence-corrected chi connectivity index (χ0v) is 10.7. The lowest BCUT2D eigenvalue weighted by Gasteiger charge is -2.39. The Hall–Kier alpha value is -1.81. The maximum Gasteiger partial charge on any atom is 0.269 e. The van der Waals surface area contributed by atoms with Gasteiger partial charge in [-0.3, -0.25) is 10.1 Å². The average Bonchev–Trinajstić information content (AvgIpc) is 2.48. The van der Waals surface area contributed by atoms with E-state index in [2.05, 4.69) is 0 Å². The van der Waals surface area contributed by atoms with Crippen LogP contribution >= 0.6 is 0 Å². The smallest absolute Gasteiger partial charge is 0.269 e. The highest BCUT2D eigenvalue weighted by atomic mass is 19.1. The Labute approximate surface area is 118 Å². The molecule has 8 nitrogen and oxygen atoms in total. The van der Waals surface area contributed by atoms with Crippen molar-refractivity contribution in [2.75, 3.05) is 6.67 Å². The lowest BCUT2D eigenvalue weighted by Crippen LogP contribution is -2.59. The van der Waals surface area contributed by atoms with Crippen LogP contribution in [-0.2, 0) is 4.74 Å². The molecule has 0 bridgehead atoms. The summed E-state index contributed by atoms with van der Waals surface area (Å²) in [5.74, 6) is 0.130. The van der Waals surface area contributed by atoms with Gasteiger partial charge in [0.1, 0.15) is 36.8 Å². The number of ether oxygens (including phenoxy) is 2. The van der Waals surface area contributed by atoms with Crippen molar-refractivity contribution in [3.63, 3.8) is 0 Å². The van der Waals surface area contributed by atoms with E-state index in [0.717, 1.165) is 0 Å². The SMILES string of the molecule is O=[N+]([O-])c1ccc(O[C@H]2O[C@H](CF)[C@@H](O)[C@H](O)[C@@H]2O)cc1. The maximum absolute atomic E-state index is 12.7. The van der Waals surface area contributed by atoms with Crippen molar-refractivity contribution in [2.24, 2.45) is 0 Å². The molecule has 2 rings (SSSR count). The van der Waals surface area contributed by atoms with E-state index in [0.29, 0.717) is 0 Å². The summed E-state index contributed by atoms with van der Waals surface area (Å²) in [6, 6.07) is 4.91. The molecule has 1 heterocycles. The molecule has 9 heteroatoms. The Morgan fingerprint density at radius 3 is 2.33 bits per heavy atom. The summed E-state index contributed by atoms with van der Waals surface area (Å²) in [5.41, 5.74) is -0.149. The lowest BCUT2D eigenvalue weighted by atomic mass is 10.00. The highest BCUT2D eigenvalue weighted by molar-refractivity contribution is 5.36. The number of nitro groups is 1. The number of nitrogens with zero attached hydrogens (tertiary/aromatic N) is 1. The van der Waals surface area contributed by atoms with Crippen molar-refractivity contribution in [2.45, 2.75) is 30.7 Å². The van der Waals surface area contributed by atoms with E-state index in [4.69, 9.17) is 9.47 Å². The van der Waals surface area contributed by atoms with Crippen LogP contribution in [0.5, 0.6) is 5.75 Å². The lowest BCUT2D eigenvalue weighted by molar-refractivity contribution is -0.384. The number of nitro benzene ring substituents is 1. The number of hydrogen-bond acceptors (Lipinski definition) is 7. The molecule has 0 unspecified atom stereocenters. The normalized spacial score (nSPS) is 32.7. The summed E-state index contributed by atoms with van der Waals surface area (Å²) in [5, 5.41) is 39.3. The van der Waals surface area contributed by atoms with Crippen LogP contribution in [-0.4, -0.2) is 57.6 Å². The van der Waals surface area contributed by atoms with E-state index in [9.17, 15) is 29.8 Å². The third-order valence-corrected chi connectivity index (χ3v) is 3.12. The summed E-state index contributed by atoms with van der Waals surface area (Å²) >= 11 is 0. The molecular weight excluding hydrogens is 289 g/mol. The molecule has 0 aromatic heterocycles. The van der Waals surface area contributed by atoms with Gasteiger partial charge < -0.3 is 24.8 Å². The second kappa shape index (κ2) is 6.31. The quantitative estimate of drug-likeness (QED) is 0.518. The minimum absolute atomic E-state index is 0.130. The summed E-state index contributed by atoms with van der Waals surface area (Å²) in [7, 11) is 0. The minimum Gasteiger partial charge on any atom is -0.462 e. The molecule has 1 aliphatic rings. The number of halogens is 1. The zero-order valence-electron chi connectivity index (χ0n) is 10.7. The van der Waals surface area contributed by atoms with Gasteiger partial charge in [-0.05, 0) is 12.1 Å². The molecule has 0 saturated carbocycles. The van der Waals surface area contributed by atoms with Crippen LogP contribution in [0.25, 0.3) is 0 Å². The molecule has 1 fully saturated rings. The fraction of sp³-hybridized carbons (Fsp3) is 0.500. The van der Waals surface area contributed by atoms with E-state index in [1.165, 1.54) is 24.3 Å². The highest BCUT2D eigenvalue weighted by Crippen LogP contribution is 2.25. The Morgan fingerprint density at radius 2 is 1.81 bits per heavy atom. The molecule has 1 saturated heterocycles. The number of aliphatic hydroxyl groups excluding tert-OH is 3. The van der Waals surface area contributed by atoms with Gasteiger partial charge in [-0.15, -0.1) is 0 Å². The van der Waals surface area contributed by atoms with Crippen LogP contribution in [0.15, 0.2) is 24.3 Å². The molecule has 3 N–H and O–H groups in total. The topological polar surface area (TPSA) is 122 Å². The molecule has 116 valence electrons. The van der Waals surface area contributed by atoms with E-state index in [1.54, 1.807) is 0 Å². The van der Waals surface area contributed by atoms with Crippen molar-refractivity contribution < 1.29 is 34.1 Å². The second-order valence-corrected chi connectivity index (χ2v) is 4.54. The number of benzene rings is 1. The number of alkyl halides is 1. The molecular formula is C12H14FNO7. The first kappa shape index (κ1) is 15.6. The second-order valence-electron chi connectivity index (χ2n) is 4.54. The predicted molar refractivity (Wildman–Crippen MR) is 66.4 cm³/mol. The number of rotatable bonds is 4. The Morgan fingerprint density at radius 1 is 1.19 bits per heavy atom. The van der Waals surface area contributed by atoms with Crippen LogP contribution in [0, 0.1) is 10.1 Å². The third-order valence-electron chi connectivity index (χ3n) is 3.12. The van der Waals surface area contributed by atoms with Gasteiger partial charge in [0, 0.05) is 12.1 Å². The number of non-ortho nitro benzene ring substituents is 1. The summed E-state index contributed by atoms with van der Waals surface area (Å²) in [4.78, 5) is 9.92. The van der Waals surface area contributed by atoms with Gasteiger partial charge in [-0.25, -0.2) is 4.39 Å². The van der Waals surface area contributed by atoms with Gasteiger partial charge in [0.25, 0.3) is 5.69 Å². The van der Waals surface area contributed by atoms with Gasteiger partial charge in [0.2, 0.25) is 6.29 Å². The van der Waals surface area contributed by atoms with Gasteiger partial charge >= 0.3 is 0 Å². The van der Waals surface area contributed by atoms with E-state index >= 15 is 0 Å². The fourth-order valence-corrected chi connectivity index (χ4v) is 1.92. The van der Waals surface area contributed by atoms with Crippen LogP contribution in [0.2, 0.25) is 0 Å². The average molecular weight is 303 g/mol. The third kappa shape index (κ3) is 3.27. The zero-order chi connectivity index (χ0) is 15.6. The monoisotopic (exact) mass is 303 g/mol. The predicted octanol–water partition coefficient (Wildman–Crippen LogP) is -0.249. The maximum atomic E-state index is 12.7. The molecule has 1 aromatic rings. The molecule has 0 spiro atoms. The highest BCUT2D eigenvalue weighted by Gasteiger charge is 2.45. The van der Waals surface area contributed by atoms with E-state index < -0.39 is 42.3 Å². The van der Waals surface area contributed by atoms with Gasteiger partial charge in [0.05, 0.1) is 4.92 Å². The van der Waals surface area contributed by atoms with Crippen molar-refractivity contribution >= 4 is 5.69 Å². The Balaban J connectivity index is 2.08. The van der Waals surface area contributed by atoms with Crippen molar-refractivity contribution in [1.82, 2.24) is 0 Å². The van der Waals surface area contributed by atoms with Gasteiger partial charge in [-0.2, -0.15) is 0 Å². The molecule has 21 heavy (non-hydrogen) atoms. The van der Waals surface area contributed by atoms with Gasteiger partial charge in [0.15, 0.2) is 0 Å². The van der Waals surface area contributed by atoms with Crippen molar-refractivity contribution in [3.8, 4) is 5.75 Å². The summed E-state index contributed by atoms with van der Waals surface area (Å²) in [6.07, 6.45) is -7.50. The van der Waals surface area contributed by atoms with Crippen LogP contribution in [0.1, 0.15) is 0 Å². The molecule has 0 radical (unpaired) electrons. The first-order valence-corrected chi connectivity index (χ1v) is 6.10. The number of aliphatic hydroxyl groups is 3. The van der Waals surface area contributed by atoms with Crippen LogP contribution in [0.3, 0.4) is 0 Å². The minimum atomic E-state index is -1.62. The van der Waals surface area contributed by atoms with Gasteiger partial charge in [-0.1, -0.05) is 0 Å². The van der Waals surface area contributed by atoms with Crippen LogP contribution in [0.4, 0.5) is 10.1 Å². The molecule has 5 atom stereocenters. The summed E-state index contributed by atoms with van der Waals surface area (Å²) < 4.78 is 22.9. The Kier molecular flexibility index (Phi) is 4.68. The van der Waals surface area contributed by atoms with Crippen molar-refractivity contribution in [1.29, 1.82) is 0 Å². The molecule has 1 aromatic carbocycles. The first-order chi connectivity index (χ1) is 9.93. The molecule has 0 amide bonds. The van der Waals surface area contributed by atoms with Crippen molar-refractivity contribution in [3.05, 3.63) is 34.4 Å². The first-order valence-electron chi connectivity index (χ1n) is 6.10. The fourth-order valence-electron chi connectivity index (χ4n) is 1.92. The summed E-state index contributed by atoms with van der Waals surface area (Å²) in [6.45, 7) is -1.06. The van der Waals surface area contributed by atoms with Crippen LogP contribution < -0.4 is 4.74 Å².